The molecule has 1 aromatic carbocycles. The lowest BCUT2D eigenvalue weighted by Gasteiger charge is -2.09. The fourth-order valence-electron chi connectivity index (χ4n) is 2.33. The minimum atomic E-state index is -0.306. The Morgan fingerprint density at radius 1 is 0.960 bits per heavy atom. The fourth-order valence-corrected chi connectivity index (χ4v) is 2.33. The monoisotopic (exact) mass is 341 g/mol. The molecule has 0 bridgehead atoms. The maximum atomic E-state index is 12.2. The first-order valence-electron chi connectivity index (χ1n) is 8.31. The second-order valence-corrected chi connectivity index (χ2v) is 5.48. The molecule has 0 radical (unpaired) electrons. The molecule has 0 atom stereocenters. The summed E-state index contributed by atoms with van der Waals surface area (Å²) >= 11 is 0. The highest BCUT2D eigenvalue weighted by Crippen LogP contribution is 2.17. The van der Waals surface area contributed by atoms with E-state index in [9.17, 15) is 9.59 Å². The molecule has 0 aliphatic heterocycles. The maximum absolute atomic E-state index is 12.2. The predicted molar refractivity (Wildman–Crippen MR) is 95.9 cm³/mol. The van der Waals surface area contributed by atoms with Crippen LogP contribution in [0.2, 0.25) is 0 Å². The number of amides is 2. The van der Waals surface area contributed by atoms with E-state index in [1.54, 1.807) is 25.3 Å². The molecule has 0 spiro atoms. The molecule has 0 aliphatic rings. The van der Waals surface area contributed by atoms with E-state index in [2.05, 4.69) is 15.6 Å². The summed E-state index contributed by atoms with van der Waals surface area (Å²) in [7, 11) is 1.62. The standard InChI is InChI=1S/C19H23N3O3/c1-3-12-20-18(23)15-8-6-9-16(22-15)19(24)21-13-11-14-7-4-5-10-17(14)25-2/h4-10H,3,11-13H2,1-2H3,(H,20,23)(H,21,24). The van der Waals surface area contributed by atoms with Gasteiger partial charge in [0, 0.05) is 13.1 Å². The number of carbonyl (C=O) groups excluding carboxylic acids is 2. The van der Waals surface area contributed by atoms with Crippen LogP contribution in [-0.4, -0.2) is 37.0 Å². The minimum absolute atomic E-state index is 0.226. The van der Waals surface area contributed by atoms with Crippen LogP contribution in [0.5, 0.6) is 5.75 Å². The summed E-state index contributed by atoms with van der Waals surface area (Å²) in [5.74, 6) is 0.218. The number of hydrogen-bond acceptors (Lipinski definition) is 4. The number of nitrogens with one attached hydrogen (secondary N) is 2. The van der Waals surface area contributed by atoms with Gasteiger partial charge < -0.3 is 15.4 Å². The molecule has 2 aromatic rings. The average molecular weight is 341 g/mol. The quantitative estimate of drug-likeness (QED) is 0.771. The van der Waals surface area contributed by atoms with E-state index in [-0.39, 0.29) is 23.2 Å². The number of pyridine rings is 1. The Morgan fingerprint density at radius 2 is 1.60 bits per heavy atom. The van der Waals surface area contributed by atoms with E-state index < -0.39 is 0 Å². The van der Waals surface area contributed by atoms with Crippen molar-refractivity contribution in [1.29, 1.82) is 0 Å². The summed E-state index contributed by atoms with van der Waals surface area (Å²) in [5, 5.41) is 5.56. The van der Waals surface area contributed by atoms with Gasteiger partial charge in [0.1, 0.15) is 17.1 Å². The molecular weight excluding hydrogens is 318 g/mol. The van der Waals surface area contributed by atoms with Crippen molar-refractivity contribution in [2.75, 3.05) is 20.2 Å². The molecule has 0 fully saturated rings. The summed E-state index contributed by atoms with van der Waals surface area (Å²) in [6.45, 7) is 3.00. The smallest absolute Gasteiger partial charge is 0.269 e. The Balaban J connectivity index is 1.93. The molecule has 2 amide bonds. The molecule has 1 heterocycles. The first-order chi connectivity index (χ1) is 12.2. The van der Waals surface area contributed by atoms with E-state index in [1.807, 2.05) is 31.2 Å². The molecule has 0 saturated carbocycles. The largest absolute Gasteiger partial charge is 0.496 e. The van der Waals surface area contributed by atoms with Gasteiger partial charge in [-0.1, -0.05) is 31.2 Å². The number of methoxy groups -OCH3 is 1. The predicted octanol–water partition coefficient (Wildman–Crippen LogP) is 2.20. The van der Waals surface area contributed by atoms with Crippen molar-refractivity contribution in [3.63, 3.8) is 0 Å². The summed E-state index contributed by atoms with van der Waals surface area (Å²) in [6, 6.07) is 12.5. The lowest BCUT2D eigenvalue weighted by Crippen LogP contribution is -2.29. The Hall–Kier alpha value is -2.89. The van der Waals surface area contributed by atoms with Crippen molar-refractivity contribution in [1.82, 2.24) is 15.6 Å². The number of rotatable bonds is 8. The normalized spacial score (nSPS) is 10.2. The van der Waals surface area contributed by atoms with Crippen molar-refractivity contribution in [2.45, 2.75) is 19.8 Å². The third-order valence-electron chi connectivity index (χ3n) is 3.62. The Kier molecular flexibility index (Phi) is 6.95. The number of benzene rings is 1. The van der Waals surface area contributed by atoms with Crippen LogP contribution < -0.4 is 15.4 Å². The van der Waals surface area contributed by atoms with Crippen molar-refractivity contribution in [3.8, 4) is 5.75 Å². The average Bonchev–Trinajstić information content (AvgIpc) is 2.66. The molecule has 25 heavy (non-hydrogen) atoms. The molecule has 1 aromatic heterocycles. The summed E-state index contributed by atoms with van der Waals surface area (Å²) in [5.41, 5.74) is 1.49. The second kappa shape index (κ2) is 9.42. The van der Waals surface area contributed by atoms with Crippen LogP contribution >= 0.6 is 0 Å². The fraction of sp³-hybridized carbons (Fsp3) is 0.316. The highest BCUT2D eigenvalue weighted by Gasteiger charge is 2.12. The molecule has 0 aliphatic carbocycles. The van der Waals surface area contributed by atoms with Gasteiger partial charge in [0.25, 0.3) is 11.8 Å². The van der Waals surface area contributed by atoms with Gasteiger partial charge >= 0.3 is 0 Å². The van der Waals surface area contributed by atoms with Gasteiger partial charge in [-0.25, -0.2) is 4.98 Å². The summed E-state index contributed by atoms with van der Waals surface area (Å²) in [6.07, 6.45) is 1.49. The van der Waals surface area contributed by atoms with E-state index in [4.69, 9.17) is 4.74 Å². The van der Waals surface area contributed by atoms with E-state index in [0.29, 0.717) is 19.5 Å². The molecule has 6 nitrogen and oxygen atoms in total. The Labute approximate surface area is 147 Å². The van der Waals surface area contributed by atoms with Crippen LogP contribution in [0.3, 0.4) is 0 Å². The molecule has 2 rings (SSSR count). The number of nitrogens with zero attached hydrogens (tertiary/aromatic N) is 1. The first kappa shape index (κ1) is 18.4. The lowest BCUT2D eigenvalue weighted by atomic mass is 10.1. The van der Waals surface area contributed by atoms with Gasteiger partial charge in [0.05, 0.1) is 7.11 Å². The molecular formula is C19H23N3O3. The first-order valence-corrected chi connectivity index (χ1v) is 8.31. The number of carbonyl (C=O) groups is 2. The highest BCUT2D eigenvalue weighted by molar-refractivity contribution is 5.96. The van der Waals surface area contributed by atoms with Gasteiger partial charge in [0.2, 0.25) is 0 Å². The third kappa shape index (κ3) is 5.31. The zero-order chi connectivity index (χ0) is 18.1. The van der Waals surface area contributed by atoms with Crippen molar-refractivity contribution < 1.29 is 14.3 Å². The lowest BCUT2D eigenvalue weighted by molar-refractivity contribution is 0.0944. The molecule has 132 valence electrons. The molecule has 0 unspecified atom stereocenters. The third-order valence-corrected chi connectivity index (χ3v) is 3.62. The second-order valence-electron chi connectivity index (χ2n) is 5.48. The SMILES string of the molecule is CCCNC(=O)c1cccc(C(=O)NCCc2ccccc2OC)n1. The van der Waals surface area contributed by atoms with Crippen molar-refractivity contribution in [3.05, 3.63) is 59.4 Å². The van der Waals surface area contributed by atoms with Crippen molar-refractivity contribution >= 4 is 11.8 Å². The van der Waals surface area contributed by atoms with Gasteiger partial charge in [-0.2, -0.15) is 0 Å². The Morgan fingerprint density at radius 3 is 2.24 bits per heavy atom. The summed E-state index contributed by atoms with van der Waals surface area (Å²) < 4.78 is 5.29. The van der Waals surface area contributed by atoms with Crippen LogP contribution in [0.4, 0.5) is 0 Å². The van der Waals surface area contributed by atoms with E-state index in [0.717, 1.165) is 17.7 Å². The Bertz CT molecular complexity index is 731. The van der Waals surface area contributed by atoms with Crippen LogP contribution in [0.25, 0.3) is 0 Å². The topological polar surface area (TPSA) is 80.3 Å². The molecule has 0 saturated heterocycles. The number of ether oxygens (including phenoxy) is 1. The molecule has 2 N–H and O–H groups in total. The minimum Gasteiger partial charge on any atom is -0.496 e. The molecule has 6 heteroatoms. The van der Waals surface area contributed by atoms with Gasteiger partial charge in [-0.05, 0) is 36.6 Å². The van der Waals surface area contributed by atoms with Gasteiger partial charge in [0.15, 0.2) is 0 Å². The zero-order valence-electron chi connectivity index (χ0n) is 14.5. The number of para-hydroxylation sites is 1. The number of hydrogen-bond donors (Lipinski definition) is 2. The zero-order valence-corrected chi connectivity index (χ0v) is 14.5. The van der Waals surface area contributed by atoms with E-state index >= 15 is 0 Å². The van der Waals surface area contributed by atoms with Crippen LogP contribution in [0, 0.1) is 0 Å². The van der Waals surface area contributed by atoms with E-state index in [1.165, 1.54) is 0 Å². The maximum Gasteiger partial charge on any atom is 0.269 e. The number of aromatic nitrogens is 1. The summed E-state index contributed by atoms with van der Waals surface area (Å²) in [4.78, 5) is 28.3. The van der Waals surface area contributed by atoms with Crippen molar-refractivity contribution in [2.24, 2.45) is 0 Å². The van der Waals surface area contributed by atoms with Crippen LogP contribution in [0.1, 0.15) is 39.9 Å². The van der Waals surface area contributed by atoms with Crippen LogP contribution in [-0.2, 0) is 6.42 Å². The van der Waals surface area contributed by atoms with Gasteiger partial charge in [-0.3, -0.25) is 9.59 Å². The highest BCUT2D eigenvalue weighted by atomic mass is 16.5. The van der Waals surface area contributed by atoms with Crippen LogP contribution in [0.15, 0.2) is 42.5 Å². The van der Waals surface area contributed by atoms with Gasteiger partial charge in [-0.15, -0.1) is 0 Å².